The SMILES string of the molecule is CC(c1cc(=O)[nH]c(N2CCCCCC2)n1)n1ncc2ccccc2c1=O. The lowest BCUT2D eigenvalue weighted by molar-refractivity contribution is 0.523. The molecule has 1 aromatic carbocycles. The minimum Gasteiger partial charge on any atom is -0.342 e. The van der Waals surface area contributed by atoms with Crippen LogP contribution < -0.4 is 16.0 Å². The fourth-order valence-electron chi connectivity index (χ4n) is 3.62. The molecular weight excluding hydrogens is 342 g/mol. The van der Waals surface area contributed by atoms with E-state index >= 15 is 0 Å². The van der Waals surface area contributed by atoms with Crippen molar-refractivity contribution in [1.82, 2.24) is 19.7 Å². The summed E-state index contributed by atoms with van der Waals surface area (Å²) >= 11 is 0. The Morgan fingerprint density at radius 2 is 1.81 bits per heavy atom. The molecule has 0 amide bonds. The Balaban J connectivity index is 1.74. The van der Waals surface area contributed by atoms with Gasteiger partial charge in [0.1, 0.15) is 0 Å². The Hall–Kier alpha value is -2.96. The van der Waals surface area contributed by atoms with Crippen molar-refractivity contribution in [3.05, 3.63) is 62.9 Å². The van der Waals surface area contributed by atoms with Crippen LogP contribution in [0, 0.1) is 0 Å². The van der Waals surface area contributed by atoms with E-state index in [4.69, 9.17) is 0 Å². The van der Waals surface area contributed by atoms with Gasteiger partial charge in [0, 0.05) is 24.5 Å². The molecule has 3 heterocycles. The van der Waals surface area contributed by atoms with Crippen LogP contribution in [0.15, 0.2) is 46.1 Å². The van der Waals surface area contributed by atoms with Gasteiger partial charge < -0.3 is 4.90 Å². The lowest BCUT2D eigenvalue weighted by Gasteiger charge is -2.22. The van der Waals surface area contributed by atoms with Crippen molar-refractivity contribution < 1.29 is 0 Å². The monoisotopic (exact) mass is 365 g/mol. The van der Waals surface area contributed by atoms with E-state index in [1.165, 1.54) is 23.6 Å². The first-order valence-corrected chi connectivity index (χ1v) is 9.46. The van der Waals surface area contributed by atoms with Crippen molar-refractivity contribution in [3.63, 3.8) is 0 Å². The summed E-state index contributed by atoms with van der Waals surface area (Å²) in [5, 5.41) is 5.72. The molecule has 1 fully saturated rings. The van der Waals surface area contributed by atoms with Crippen molar-refractivity contribution in [1.29, 1.82) is 0 Å². The molecule has 0 bridgehead atoms. The molecular formula is C20H23N5O2. The third kappa shape index (κ3) is 3.49. The molecule has 1 N–H and O–H groups in total. The van der Waals surface area contributed by atoms with Crippen LogP contribution >= 0.6 is 0 Å². The lowest BCUT2D eigenvalue weighted by Crippen LogP contribution is -2.31. The molecule has 1 saturated heterocycles. The van der Waals surface area contributed by atoms with E-state index in [9.17, 15) is 9.59 Å². The number of nitrogens with zero attached hydrogens (tertiary/aromatic N) is 4. The third-order valence-corrected chi connectivity index (χ3v) is 5.17. The number of rotatable bonds is 3. The third-order valence-electron chi connectivity index (χ3n) is 5.17. The molecule has 0 radical (unpaired) electrons. The van der Waals surface area contributed by atoms with Gasteiger partial charge in [-0.1, -0.05) is 31.0 Å². The number of aromatic nitrogens is 4. The summed E-state index contributed by atoms with van der Waals surface area (Å²) < 4.78 is 1.40. The van der Waals surface area contributed by atoms with Crippen LogP contribution in [0.5, 0.6) is 0 Å². The highest BCUT2D eigenvalue weighted by Crippen LogP contribution is 2.18. The number of fused-ring (bicyclic) bond motifs is 1. The Bertz CT molecular complexity index is 1060. The molecule has 1 unspecified atom stereocenters. The highest BCUT2D eigenvalue weighted by molar-refractivity contribution is 5.80. The van der Waals surface area contributed by atoms with E-state index in [0.29, 0.717) is 17.0 Å². The lowest BCUT2D eigenvalue weighted by atomic mass is 10.2. The predicted molar refractivity (Wildman–Crippen MR) is 105 cm³/mol. The minimum atomic E-state index is -0.435. The summed E-state index contributed by atoms with van der Waals surface area (Å²) in [7, 11) is 0. The van der Waals surface area contributed by atoms with Crippen molar-refractivity contribution in [3.8, 4) is 0 Å². The second-order valence-electron chi connectivity index (χ2n) is 7.05. The number of H-pyrrole nitrogens is 1. The van der Waals surface area contributed by atoms with Crippen LogP contribution in [-0.4, -0.2) is 32.8 Å². The first kappa shape index (κ1) is 17.5. The Labute approximate surface area is 156 Å². The maximum Gasteiger partial charge on any atom is 0.275 e. The zero-order valence-corrected chi connectivity index (χ0v) is 15.4. The standard InChI is InChI=1S/C20H23N5O2/c1-14(25-19(27)16-9-5-4-8-15(16)13-21-25)17-12-18(26)23-20(22-17)24-10-6-2-3-7-11-24/h4-5,8-9,12-14H,2-3,6-7,10-11H2,1H3,(H,22,23,26). The molecule has 1 atom stereocenters. The van der Waals surface area contributed by atoms with Crippen molar-refractivity contribution in [2.45, 2.75) is 38.6 Å². The van der Waals surface area contributed by atoms with Gasteiger partial charge in [-0.2, -0.15) is 5.10 Å². The van der Waals surface area contributed by atoms with E-state index in [1.807, 2.05) is 25.1 Å². The van der Waals surface area contributed by atoms with Gasteiger partial charge in [-0.25, -0.2) is 9.67 Å². The van der Waals surface area contributed by atoms with Gasteiger partial charge in [-0.15, -0.1) is 0 Å². The zero-order valence-electron chi connectivity index (χ0n) is 15.4. The van der Waals surface area contributed by atoms with Gasteiger partial charge >= 0.3 is 0 Å². The van der Waals surface area contributed by atoms with Crippen LogP contribution in [0.1, 0.15) is 44.3 Å². The van der Waals surface area contributed by atoms with Crippen molar-refractivity contribution >= 4 is 16.7 Å². The Morgan fingerprint density at radius 3 is 2.59 bits per heavy atom. The van der Waals surface area contributed by atoms with Crippen LogP contribution in [0.3, 0.4) is 0 Å². The molecule has 1 aliphatic heterocycles. The van der Waals surface area contributed by atoms with Crippen LogP contribution in [-0.2, 0) is 0 Å². The smallest absolute Gasteiger partial charge is 0.275 e. The van der Waals surface area contributed by atoms with Gasteiger partial charge in [-0.05, 0) is 25.8 Å². The first-order chi connectivity index (χ1) is 13.1. The van der Waals surface area contributed by atoms with Gasteiger partial charge in [0.2, 0.25) is 5.95 Å². The fourth-order valence-corrected chi connectivity index (χ4v) is 3.62. The van der Waals surface area contributed by atoms with Crippen molar-refractivity contribution in [2.24, 2.45) is 0 Å². The van der Waals surface area contributed by atoms with E-state index in [-0.39, 0.29) is 11.1 Å². The molecule has 0 saturated carbocycles. The molecule has 1 aliphatic rings. The zero-order chi connectivity index (χ0) is 18.8. The second kappa shape index (κ2) is 7.34. The second-order valence-corrected chi connectivity index (χ2v) is 7.05. The molecule has 7 heteroatoms. The molecule has 27 heavy (non-hydrogen) atoms. The normalized spacial score (nSPS) is 16.3. The molecule has 4 rings (SSSR count). The number of hydrogen-bond acceptors (Lipinski definition) is 5. The summed E-state index contributed by atoms with van der Waals surface area (Å²) in [6.45, 7) is 3.61. The molecule has 0 aliphatic carbocycles. The maximum atomic E-state index is 12.8. The largest absolute Gasteiger partial charge is 0.342 e. The molecule has 0 spiro atoms. The highest BCUT2D eigenvalue weighted by Gasteiger charge is 2.18. The van der Waals surface area contributed by atoms with Crippen molar-refractivity contribution in [2.75, 3.05) is 18.0 Å². The van der Waals surface area contributed by atoms with E-state index in [1.54, 1.807) is 12.3 Å². The molecule has 140 valence electrons. The summed E-state index contributed by atoms with van der Waals surface area (Å²) in [4.78, 5) is 34.7. The topological polar surface area (TPSA) is 83.9 Å². The van der Waals surface area contributed by atoms with Gasteiger partial charge in [0.25, 0.3) is 11.1 Å². The summed E-state index contributed by atoms with van der Waals surface area (Å²) in [6, 6.07) is 8.38. The van der Waals surface area contributed by atoms with E-state index in [0.717, 1.165) is 31.3 Å². The van der Waals surface area contributed by atoms with Gasteiger partial charge in [-0.3, -0.25) is 14.6 Å². The first-order valence-electron chi connectivity index (χ1n) is 9.46. The minimum absolute atomic E-state index is 0.181. The van der Waals surface area contributed by atoms with Gasteiger partial charge in [0.05, 0.1) is 23.3 Å². The average molecular weight is 365 g/mol. The van der Waals surface area contributed by atoms with E-state index in [2.05, 4.69) is 20.0 Å². The predicted octanol–water partition coefficient (Wildman–Crippen LogP) is 2.47. The summed E-state index contributed by atoms with van der Waals surface area (Å²) in [5.41, 5.74) is 0.154. The molecule has 2 aromatic heterocycles. The van der Waals surface area contributed by atoms with Crippen LogP contribution in [0.4, 0.5) is 5.95 Å². The average Bonchev–Trinajstić information content (AvgIpc) is 2.97. The summed E-state index contributed by atoms with van der Waals surface area (Å²) in [6.07, 6.45) is 6.26. The van der Waals surface area contributed by atoms with Crippen LogP contribution in [0.2, 0.25) is 0 Å². The maximum absolute atomic E-state index is 12.8. The van der Waals surface area contributed by atoms with E-state index < -0.39 is 6.04 Å². The fraction of sp³-hybridized carbons (Fsp3) is 0.400. The Kier molecular flexibility index (Phi) is 4.75. The number of nitrogens with one attached hydrogen (secondary N) is 1. The Morgan fingerprint density at radius 1 is 1.07 bits per heavy atom. The quantitative estimate of drug-likeness (QED) is 0.771. The number of benzene rings is 1. The number of anilines is 1. The molecule has 3 aromatic rings. The highest BCUT2D eigenvalue weighted by atomic mass is 16.1. The van der Waals surface area contributed by atoms with Gasteiger partial charge in [0.15, 0.2) is 0 Å². The number of aromatic amines is 1. The number of hydrogen-bond donors (Lipinski definition) is 1. The van der Waals surface area contributed by atoms with Crippen LogP contribution in [0.25, 0.3) is 10.8 Å². The molecule has 7 nitrogen and oxygen atoms in total. The summed E-state index contributed by atoms with van der Waals surface area (Å²) in [5.74, 6) is 0.583.